The Morgan fingerprint density at radius 1 is 1.30 bits per heavy atom. The van der Waals surface area contributed by atoms with E-state index in [0.717, 1.165) is 18.5 Å². The van der Waals surface area contributed by atoms with Gasteiger partial charge in [0.1, 0.15) is 12.1 Å². The molecule has 2 aliphatic rings. The van der Waals surface area contributed by atoms with Gasteiger partial charge in [0.05, 0.1) is 42.7 Å². The molecular weight excluding hydrogens is 426 g/mol. The van der Waals surface area contributed by atoms with E-state index in [1.54, 1.807) is 28.8 Å². The number of aliphatic hydroxyl groups is 2. The van der Waals surface area contributed by atoms with E-state index in [1.165, 1.54) is 4.90 Å². The van der Waals surface area contributed by atoms with Crippen LogP contribution in [0.3, 0.4) is 0 Å². The molecule has 3 N–H and O–H groups in total. The molecule has 2 fully saturated rings. The summed E-state index contributed by atoms with van der Waals surface area (Å²) in [4.78, 5) is 32.4. The van der Waals surface area contributed by atoms with Crippen LogP contribution in [-0.2, 0) is 16.6 Å². The number of imidazole rings is 1. The second-order valence-electron chi connectivity index (χ2n) is 10.2. The molecule has 1 aliphatic heterocycles. The van der Waals surface area contributed by atoms with Crippen molar-refractivity contribution in [1.29, 1.82) is 0 Å². The number of rotatable bonds is 7. The summed E-state index contributed by atoms with van der Waals surface area (Å²) in [5, 5.41) is 31.5. The molecule has 4 atom stereocenters. The predicted octanol–water partition coefficient (Wildman–Crippen LogP) is 0.288. The van der Waals surface area contributed by atoms with Gasteiger partial charge in [-0.15, -0.1) is 5.10 Å². The first kappa shape index (κ1) is 23.4. The van der Waals surface area contributed by atoms with Crippen LogP contribution >= 0.6 is 0 Å². The molecule has 3 heterocycles. The molecule has 1 unspecified atom stereocenters. The van der Waals surface area contributed by atoms with E-state index in [4.69, 9.17) is 0 Å². The number of carbonyl (C=O) groups excluding carboxylic acids is 2. The number of nitrogens with zero attached hydrogens (tertiary/aromatic N) is 6. The second-order valence-corrected chi connectivity index (χ2v) is 10.2. The van der Waals surface area contributed by atoms with Gasteiger partial charge >= 0.3 is 0 Å². The lowest BCUT2D eigenvalue weighted by Gasteiger charge is -2.35. The van der Waals surface area contributed by atoms with Crippen LogP contribution in [0.2, 0.25) is 0 Å². The van der Waals surface area contributed by atoms with Gasteiger partial charge < -0.3 is 25.0 Å². The molecule has 1 aliphatic carbocycles. The van der Waals surface area contributed by atoms with Crippen LogP contribution in [0.1, 0.15) is 69.4 Å². The maximum absolute atomic E-state index is 13.8. The maximum Gasteiger partial charge on any atom is 0.248 e. The second kappa shape index (κ2) is 8.86. The standard InChI is InChI=1S/C22H33N7O4/c1-22(2,3)19(29-10-15(25-26-29)13-5-6-13)21(33)28-9-14(31)7-17(28)20(32)24-16(11-30)18-8-23-12-27(18)4/h8,10,12-14,16-17,19,30-31H,5-7,9,11H2,1-4H3,(H,24,32)/t14-,16?,17+,19-/m1/s1. The average Bonchev–Trinajstić information content (AvgIpc) is 3.13. The Bertz CT molecular complexity index is 1010. The molecule has 11 nitrogen and oxygen atoms in total. The zero-order valence-electron chi connectivity index (χ0n) is 19.5. The molecule has 4 rings (SSSR count). The molecule has 2 aromatic rings. The van der Waals surface area contributed by atoms with Crippen molar-refractivity contribution in [2.45, 2.75) is 70.2 Å². The Morgan fingerprint density at radius 3 is 2.61 bits per heavy atom. The summed E-state index contributed by atoms with van der Waals surface area (Å²) in [6, 6.07) is -2.20. The van der Waals surface area contributed by atoms with Crippen LogP contribution in [0.5, 0.6) is 0 Å². The van der Waals surface area contributed by atoms with Gasteiger partial charge in [0.25, 0.3) is 0 Å². The minimum absolute atomic E-state index is 0.0587. The Kier molecular flexibility index (Phi) is 6.28. The van der Waals surface area contributed by atoms with E-state index < -0.39 is 35.6 Å². The van der Waals surface area contributed by atoms with Crippen molar-refractivity contribution in [3.8, 4) is 0 Å². The van der Waals surface area contributed by atoms with E-state index in [2.05, 4.69) is 20.6 Å². The lowest BCUT2D eigenvalue weighted by Crippen LogP contribution is -2.51. The highest BCUT2D eigenvalue weighted by molar-refractivity contribution is 5.90. The number of hydrogen-bond donors (Lipinski definition) is 3. The van der Waals surface area contributed by atoms with Crippen molar-refractivity contribution < 1.29 is 19.8 Å². The first-order valence-corrected chi connectivity index (χ1v) is 11.4. The Morgan fingerprint density at radius 2 is 2.03 bits per heavy atom. The summed E-state index contributed by atoms with van der Waals surface area (Å²) >= 11 is 0. The number of hydrogen-bond acceptors (Lipinski definition) is 7. The highest BCUT2D eigenvalue weighted by Gasteiger charge is 2.45. The summed E-state index contributed by atoms with van der Waals surface area (Å²) in [5.41, 5.74) is 1.03. The summed E-state index contributed by atoms with van der Waals surface area (Å²) < 4.78 is 3.31. The average molecular weight is 460 g/mol. The molecule has 2 amide bonds. The third-order valence-corrected chi connectivity index (χ3v) is 6.42. The fourth-order valence-corrected chi connectivity index (χ4v) is 4.51. The van der Waals surface area contributed by atoms with Crippen LogP contribution < -0.4 is 5.32 Å². The molecule has 0 bridgehead atoms. The largest absolute Gasteiger partial charge is 0.394 e. The third kappa shape index (κ3) is 4.79. The number of aliphatic hydroxyl groups excluding tert-OH is 2. The summed E-state index contributed by atoms with van der Waals surface area (Å²) in [6.45, 7) is 5.57. The minimum atomic E-state index is -0.856. The van der Waals surface area contributed by atoms with Crippen LogP contribution in [0.25, 0.3) is 0 Å². The van der Waals surface area contributed by atoms with Gasteiger partial charge in [0.2, 0.25) is 11.8 Å². The molecular formula is C22H33N7O4. The van der Waals surface area contributed by atoms with Crippen molar-refractivity contribution in [2.75, 3.05) is 13.2 Å². The number of aryl methyl sites for hydroxylation is 1. The summed E-state index contributed by atoms with van der Waals surface area (Å²) in [7, 11) is 1.77. The van der Waals surface area contributed by atoms with Gasteiger partial charge in [-0.1, -0.05) is 26.0 Å². The van der Waals surface area contributed by atoms with Crippen molar-refractivity contribution in [2.24, 2.45) is 12.5 Å². The first-order chi connectivity index (χ1) is 15.6. The third-order valence-electron chi connectivity index (χ3n) is 6.42. The first-order valence-electron chi connectivity index (χ1n) is 11.4. The van der Waals surface area contributed by atoms with Crippen LogP contribution in [-0.4, -0.2) is 76.8 Å². The maximum atomic E-state index is 13.8. The normalized spacial score (nSPS) is 22.9. The van der Waals surface area contributed by atoms with Crippen molar-refractivity contribution in [3.05, 3.63) is 30.1 Å². The monoisotopic (exact) mass is 459 g/mol. The number of aromatic nitrogens is 5. The smallest absolute Gasteiger partial charge is 0.248 e. The molecule has 0 spiro atoms. The lowest BCUT2D eigenvalue weighted by molar-refractivity contribution is -0.144. The Balaban J connectivity index is 1.56. The van der Waals surface area contributed by atoms with Crippen LogP contribution in [0.15, 0.2) is 18.7 Å². The van der Waals surface area contributed by atoms with Crippen molar-refractivity contribution in [1.82, 2.24) is 34.8 Å². The van der Waals surface area contributed by atoms with Gasteiger partial charge in [-0.3, -0.25) is 9.59 Å². The number of carbonyl (C=O) groups is 2. The topological polar surface area (TPSA) is 138 Å². The lowest BCUT2D eigenvalue weighted by atomic mass is 9.85. The van der Waals surface area contributed by atoms with Gasteiger partial charge in [0.15, 0.2) is 0 Å². The van der Waals surface area contributed by atoms with E-state index in [-0.39, 0.29) is 25.5 Å². The molecule has 1 saturated heterocycles. The molecule has 0 radical (unpaired) electrons. The summed E-state index contributed by atoms with van der Waals surface area (Å²) in [6.07, 6.45) is 6.46. The van der Waals surface area contributed by atoms with E-state index in [1.807, 2.05) is 27.0 Å². The quantitative estimate of drug-likeness (QED) is 0.541. The fourth-order valence-electron chi connectivity index (χ4n) is 4.51. The van der Waals surface area contributed by atoms with Crippen molar-refractivity contribution in [3.63, 3.8) is 0 Å². The minimum Gasteiger partial charge on any atom is -0.394 e. The van der Waals surface area contributed by atoms with Gasteiger partial charge in [-0.2, -0.15) is 0 Å². The highest BCUT2D eigenvalue weighted by atomic mass is 16.3. The highest BCUT2D eigenvalue weighted by Crippen LogP contribution is 2.40. The molecule has 33 heavy (non-hydrogen) atoms. The van der Waals surface area contributed by atoms with E-state index in [9.17, 15) is 19.8 Å². The van der Waals surface area contributed by atoms with Crippen molar-refractivity contribution >= 4 is 11.8 Å². The van der Waals surface area contributed by atoms with Gasteiger partial charge in [-0.25, -0.2) is 9.67 Å². The Labute approximate surface area is 192 Å². The molecule has 0 aromatic carbocycles. The van der Waals surface area contributed by atoms with Crippen LogP contribution in [0, 0.1) is 5.41 Å². The van der Waals surface area contributed by atoms with Crippen LogP contribution in [0.4, 0.5) is 0 Å². The van der Waals surface area contributed by atoms with E-state index in [0.29, 0.717) is 11.6 Å². The number of amides is 2. The molecule has 2 aromatic heterocycles. The zero-order valence-corrected chi connectivity index (χ0v) is 19.5. The number of nitrogens with one attached hydrogen (secondary N) is 1. The predicted molar refractivity (Wildman–Crippen MR) is 118 cm³/mol. The Hall–Kier alpha value is -2.79. The van der Waals surface area contributed by atoms with E-state index >= 15 is 0 Å². The SMILES string of the molecule is Cn1cncc1C(CO)NC(=O)[C@@H]1C[C@@H](O)CN1C(=O)[C@@H](n1cc(C2CC2)nn1)C(C)(C)C. The zero-order chi connectivity index (χ0) is 23.9. The summed E-state index contributed by atoms with van der Waals surface area (Å²) in [5.74, 6) is -0.304. The molecule has 1 saturated carbocycles. The number of likely N-dealkylation sites (tertiary alicyclic amines) is 1. The van der Waals surface area contributed by atoms with Gasteiger partial charge in [0, 0.05) is 32.1 Å². The fraction of sp³-hybridized carbons (Fsp3) is 0.682. The van der Waals surface area contributed by atoms with Gasteiger partial charge in [-0.05, 0) is 18.3 Å². The molecule has 11 heteroatoms. The number of β-amino-alcohol motifs (C(OH)–C–C–N with tert-alkyl or cyclic N) is 1. The molecule has 180 valence electrons.